The van der Waals surface area contributed by atoms with E-state index >= 15 is 0 Å². The lowest BCUT2D eigenvalue weighted by molar-refractivity contribution is 0.582. The number of benzene rings is 1. The van der Waals surface area contributed by atoms with Crippen molar-refractivity contribution in [2.45, 2.75) is 44.7 Å². The van der Waals surface area contributed by atoms with Crippen LogP contribution in [-0.4, -0.2) is 11.0 Å². The molecule has 2 nitrogen and oxygen atoms in total. The van der Waals surface area contributed by atoms with E-state index in [2.05, 4.69) is 24.5 Å². The number of thiazole rings is 1. The van der Waals surface area contributed by atoms with Gasteiger partial charge in [-0.1, -0.05) is 25.4 Å². The maximum atomic E-state index is 13.7. The largest absolute Gasteiger partial charge is 0.301 e. The predicted molar refractivity (Wildman–Crippen MR) is 85.6 cm³/mol. The molecule has 1 heterocycles. The number of rotatable bonds is 5. The number of halogens is 2. The van der Waals surface area contributed by atoms with Crippen LogP contribution >= 0.6 is 22.9 Å². The highest BCUT2D eigenvalue weighted by molar-refractivity contribution is 7.09. The summed E-state index contributed by atoms with van der Waals surface area (Å²) in [6.45, 7) is 4.25. The van der Waals surface area contributed by atoms with E-state index in [9.17, 15) is 4.39 Å². The van der Waals surface area contributed by atoms with Crippen molar-refractivity contribution < 1.29 is 4.39 Å². The molecule has 1 N–H and O–H groups in total. The molecular formula is C16H18ClFN2S. The Hall–Kier alpha value is -0.970. The van der Waals surface area contributed by atoms with E-state index in [1.54, 1.807) is 17.4 Å². The van der Waals surface area contributed by atoms with Crippen molar-refractivity contribution >= 4 is 22.9 Å². The molecule has 21 heavy (non-hydrogen) atoms. The van der Waals surface area contributed by atoms with Crippen LogP contribution < -0.4 is 5.32 Å². The molecule has 1 saturated carbocycles. The van der Waals surface area contributed by atoms with Gasteiger partial charge in [0.1, 0.15) is 10.8 Å². The summed E-state index contributed by atoms with van der Waals surface area (Å²) in [4.78, 5) is 4.72. The third-order valence-corrected chi connectivity index (χ3v) is 4.72. The maximum absolute atomic E-state index is 13.7. The molecular weight excluding hydrogens is 307 g/mol. The molecule has 0 spiro atoms. The van der Waals surface area contributed by atoms with Crippen LogP contribution in [0.3, 0.4) is 0 Å². The molecule has 1 unspecified atom stereocenters. The van der Waals surface area contributed by atoms with E-state index in [0.717, 1.165) is 16.3 Å². The van der Waals surface area contributed by atoms with Gasteiger partial charge >= 0.3 is 0 Å². The van der Waals surface area contributed by atoms with Crippen molar-refractivity contribution in [1.29, 1.82) is 0 Å². The molecule has 0 aliphatic heterocycles. The first-order chi connectivity index (χ1) is 10.0. The van der Waals surface area contributed by atoms with E-state index in [1.165, 1.54) is 18.9 Å². The summed E-state index contributed by atoms with van der Waals surface area (Å²) in [5.41, 5.74) is 1.93. The number of hydrogen-bond acceptors (Lipinski definition) is 3. The van der Waals surface area contributed by atoms with Gasteiger partial charge in [-0.3, -0.25) is 0 Å². The second kappa shape index (κ2) is 6.03. The highest BCUT2D eigenvalue weighted by Gasteiger charge is 2.28. The zero-order valence-corrected chi connectivity index (χ0v) is 13.6. The lowest BCUT2D eigenvalue weighted by atomic mass is 10.1. The fourth-order valence-electron chi connectivity index (χ4n) is 2.24. The average molecular weight is 325 g/mol. The van der Waals surface area contributed by atoms with Gasteiger partial charge in [0.25, 0.3) is 0 Å². The molecule has 1 aliphatic rings. The molecule has 0 bridgehead atoms. The van der Waals surface area contributed by atoms with Gasteiger partial charge in [0.15, 0.2) is 0 Å². The summed E-state index contributed by atoms with van der Waals surface area (Å²) in [5.74, 6) is 0.0911. The van der Waals surface area contributed by atoms with Crippen molar-refractivity contribution in [3.8, 4) is 0 Å². The van der Waals surface area contributed by atoms with Gasteiger partial charge in [0.05, 0.1) is 11.7 Å². The molecule has 1 atom stereocenters. The summed E-state index contributed by atoms with van der Waals surface area (Å²) in [6, 6.07) is 5.12. The Bertz CT molecular complexity index is 617. The lowest BCUT2D eigenvalue weighted by Crippen LogP contribution is -2.24. The zero-order valence-electron chi connectivity index (χ0n) is 12.1. The van der Waals surface area contributed by atoms with E-state index in [4.69, 9.17) is 16.6 Å². The second-order valence-electron chi connectivity index (χ2n) is 5.84. The molecule has 0 radical (unpaired) electrons. The van der Waals surface area contributed by atoms with E-state index in [0.29, 0.717) is 17.0 Å². The van der Waals surface area contributed by atoms with Crippen LogP contribution in [0.5, 0.6) is 0 Å². The van der Waals surface area contributed by atoms with Crippen LogP contribution in [-0.2, 0) is 0 Å². The third-order valence-electron chi connectivity index (χ3n) is 3.58. The predicted octanol–water partition coefficient (Wildman–Crippen LogP) is 4.90. The van der Waals surface area contributed by atoms with Crippen molar-refractivity contribution in [3.63, 3.8) is 0 Å². The Morgan fingerprint density at radius 1 is 1.33 bits per heavy atom. The molecule has 1 aromatic heterocycles. The minimum atomic E-state index is -0.305. The van der Waals surface area contributed by atoms with E-state index in [-0.39, 0.29) is 11.9 Å². The van der Waals surface area contributed by atoms with Crippen LogP contribution in [0.2, 0.25) is 5.02 Å². The zero-order chi connectivity index (χ0) is 15.0. The molecule has 0 amide bonds. The van der Waals surface area contributed by atoms with Crippen molar-refractivity contribution in [2.75, 3.05) is 0 Å². The highest BCUT2D eigenvalue weighted by Crippen LogP contribution is 2.33. The first-order valence-electron chi connectivity index (χ1n) is 7.20. The van der Waals surface area contributed by atoms with Crippen LogP contribution in [0.4, 0.5) is 4.39 Å². The summed E-state index contributed by atoms with van der Waals surface area (Å²) in [7, 11) is 0. The molecule has 1 aliphatic carbocycles. The minimum absolute atomic E-state index is 0.0804. The van der Waals surface area contributed by atoms with Gasteiger partial charge in [-0.2, -0.15) is 0 Å². The van der Waals surface area contributed by atoms with Gasteiger partial charge in [-0.25, -0.2) is 9.37 Å². The van der Waals surface area contributed by atoms with Crippen LogP contribution in [0.1, 0.15) is 54.9 Å². The Labute approximate surface area is 133 Å². The smallest absolute Gasteiger partial charge is 0.125 e. The normalized spacial score (nSPS) is 16.4. The minimum Gasteiger partial charge on any atom is -0.301 e. The molecule has 3 rings (SSSR count). The lowest BCUT2D eigenvalue weighted by Gasteiger charge is -2.17. The molecule has 2 aromatic rings. The van der Waals surface area contributed by atoms with Gasteiger partial charge in [0.2, 0.25) is 0 Å². The maximum Gasteiger partial charge on any atom is 0.125 e. The number of aromatic nitrogens is 1. The van der Waals surface area contributed by atoms with E-state index in [1.807, 2.05) is 6.07 Å². The topological polar surface area (TPSA) is 24.9 Å². The number of nitrogens with zero attached hydrogens (tertiary/aromatic N) is 1. The van der Waals surface area contributed by atoms with Crippen LogP contribution in [0.25, 0.3) is 0 Å². The molecule has 1 aromatic carbocycles. The van der Waals surface area contributed by atoms with Gasteiger partial charge in [-0.05, 0) is 42.5 Å². The molecule has 0 saturated heterocycles. The van der Waals surface area contributed by atoms with Crippen molar-refractivity contribution in [3.05, 3.63) is 50.7 Å². The second-order valence-corrected chi connectivity index (χ2v) is 7.17. The Morgan fingerprint density at radius 3 is 2.67 bits per heavy atom. The number of hydrogen-bond donors (Lipinski definition) is 1. The van der Waals surface area contributed by atoms with Crippen LogP contribution in [0, 0.1) is 5.82 Å². The standard InChI is InChI=1S/C16H18ClFN2S/c1-9(2)14-8-21-16(20-14)15(19-13-3-4-13)10-5-11(17)7-12(18)6-10/h5-9,13,15,19H,3-4H2,1-2H3. The summed E-state index contributed by atoms with van der Waals surface area (Å²) in [5, 5.41) is 7.04. The molecule has 1 fully saturated rings. The Morgan fingerprint density at radius 2 is 2.10 bits per heavy atom. The molecule has 112 valence electrons. The summed E-state index contributed by atoms with van der Waals surface area (Å²) in [6.07, 6.45) is 2.34. The first kappa shape index (κ1) is 14.9. The quantitative estimate of drug-likeness (QED) is 0.846. The summed E-state index contributed by atoms with van der Waals surface area (Å²) >= 11 is 7.63. The van der Waals surface area contributed by atoms with Gasteiger partial charge in [0, 0.05) is 16.4 Å². The fraction of sp³-hybridized carbons (Fsp3) is 0.438. The van der Waals surface area contributed by atoms with Gasteiger partial charge in [-0.15, -0.1) is 11.3 Å². The van der Waals surface area contributed by atoms with Crippen LogP contribution in [0.15, 0.2) is 23.6 Å². The van der Waals surface area contributed by atoms with E-state index < -0.39 is 0 Å². The average Bonchev–Trinajstić information content (AvgIpc) is 3.09. The Kier molecular flexibility index (Phi) is 4.29. The fourth-order valence-corrected chi connectivity index (χ4v) is 3.53. The SMILES string of the molecule is CC(C)c1csc(C(NC2CC2)c2cc(F)cc(Cl)c2)n1. The monoisotopic (exact) mass is 324 g/mol. The van der Waals surface area contributed by atoms with Crippen molar-refractivity contribution in [1.82, 2.24) is 10.3 Å². The first-order valence-corrected chi connectivity index (χ1v) is 8.46. The summed E-state index contributed by atoms with van der Waals surface area (Å²) < 4.78 is 13.7. The third kappa shape index (κ3) is 3.62. The number of nitrogens with one attached hydrogen (secondary N) is 1. The van der Waals surface area contributed by atoms with Gasteiger partial charge < -0.3 is 5.32 Å². The van der Waals surface area contributed by atoms with Crippen molar-refractivity contribution in [2.24, 2.45) is 0 Å². The highest BCUT2D eigenvalue weighted by atomic mass is 35.5. The Balaban J connectivity index is 1.95. The molecule has 5 heteroatoms.